The molecule has 2 aromatic carbocycles. The van der Waals surface area contributed by atoms with Gasteiger partial charge in [0, 0.05) is 24.7 Å². The zero-order chi connectivity index (χ0) is 26.3. The molecule has 194 valence electrons. The number of likely N-dealkylation sites (N-methyl/N-ethyl adjacent to an activating group) is 1. The minimum atomic E-state index is -4.66. The van der Waals surface area contributed by atoms with E-state index in [0.717, 1.165) is 35.1 Å². The molecule has 0 radical (unpaired) electrons. The van der Waals surface area contributed by atoms with Crippen LogP contribution < -0.4 is 14.2 Å². The maximum Gasteiger partial charge on any atom is 0.419 e. The normalized spacial score (nSPS) is 16.8. The Morgan fingerprint density at radius 1 is 1.14 bits per heavy atom. The number of nitrogens with zero attached hydrogens (tertiary/aromatic N) is 1. The van der Waals surface area contributed by atoms with Gasteiger partial charge in [0.15, 0.2) is 0 Å². The third kappa shape index (κ3) is 5.74. The smallest absolute Gasteiger partial charge is 0.419 e. The Labute approximate surface area is 216 Å². The number of rotatable bonds is 7. The predicted molar refractivity (Wildman–Crippen MR) is 135 cm³/mol. The van der Waals surface area contributed by atoms with Crippen LogP contribution in [0.4, 0.5) is 18.9 Å². The van der Waals surface area contributed by atoms with Crippen LogP contribution in [0.3, 0.4) is 0 Å². The standard InChI is InChI=1S/C24H24ClF3N2O4S2/c1-14-10-16(33-3)5-6-18(14)19-12-22(25)35-23(19)36(31,32)29-15-4-7-20(24(26,27)28)21(11-15)34-17-8-9-30(2)13-17/h4-7,10-12,17,29H,8-9,13H2,1-3H3/t17-/m1/s1. The first kappa shape index (κ1) is 26.6. The van der Waals surface area contributed by atoms with E-state index in [-0.39, 0.29) is 14.2 Å². The number of benzene rings is 2. The second-order valence-corrected chi connectivity index (χ2v) is 12.1. The minimum Gasteiger partial charge on any atom is -0.497 e. The number of alkyl halides is 3. The van der Waals surface area contributed by atoms with Gasteiger partial charge in [0.25, 0.3) is 10.0 Å². The largest absolute Gasteiger partial charge is 0.497 e. The summed E-state index contributed by atoms with van der Waals surface area (Å²) in [7, 11) is -0.813. The molecule has 0 unspecified atom stereocenters. The van der Waals surface area contributed by atoms with Crippen molar-refractivity contribution in [2.45, 2.75) is 29.8 Å². The predicted octanol–water partition coefficient (Wildman–Crippen LogP) is 6.29. The lowest BCUT2D eigenvalue weighted by Crippen LogP contribution is -2.23. The van der Waals surface area contributed by atoms with E-state index in [1.165, 1.54) is 7.11 Å². The quantitative estimate of drug-likeness (QED) is 0.368. The molecule has 0 bridgehead atoms. The second-order valence-electron chi connectivity index (χ2n) is 8.54. The number of anilines is 1. The fourth-order valence-electron chi connectivity index (χ4n) is 4.09. The highest BCUT2D eigenvalue weighted by molar-refractivity contribution is 7.94. The average molecular weight is 561 g/mol. The molecule has 4 rings (SSSR count). The number of ether oxygens (including phenoxy) is 2. The van der Waals surface area contributed by atoms with Crippen molar-refractivity contribution in [1.82, 2.24) is 4.90 Å². The number of methoxy groups -OCH3 is 1. The highest BCUT2D eigenvalue weighted by atomic mass is 35.5. The number of aryl methyl sites for hydroxylation is 1. The van der Waals surface area contributed by atoms with Gasteiger partial charge in [-0.05, 0) is 61.9 Å². The number of hydrogen-bond donors (Lipinski definition) is 1. The molecular formula is C24H24ClF3N2O4S2. The molecule has 1 saturated heterocycles. The van der Waals surface area contributed by atoms with Crippen LogP contribution >= 0.6 is 22.9 Å². The Bertz CT molecular complexity index is 1380. The summed E-state index contributed by atoms with van der Waals surface area (Å²) in [6, 6.07) is 9.72. The third-order valence-electron chi connectivity index (χ3n) is 5.82. The van der Waals surface area contributed by atoms with E-state index < -0.39 is 33.6 Å². The first-order valence-corrected chi connectivity index (χ1v) is 13.6. The van der Waals surface area contributed by atoms with Gasteiger partial charge in [-0.2, -0.15) is 13.2 Å². The van der Waals surface area contributed by atoms with Gasteiger partial charge in [0.1, 0.15) is 21.8 Å². The summed E-state index contributed by atoms with van der Waals surface area (Å²) in [5.74, 6) is 0.198. The van der Waals surface area contributed by atoms with Gasteiger partial charge in [0.2, 0.25) is 0 Å². The second kappa shape index (κ2) is 10.1. The topological polar surface area (TPSA) is 67.9 Å². The van der Waals surface area contributed by atoms with Crippen molar-refractivity contribution in [2.24, 2.45) is 0 Å². The summed E-state index contributed by atoms with van der Waals surface area (Å²) in [4.78, 5) is 1.95. The molecule has 1 aromatic heterocycles. The van der Waals surface area contributed by atoms with Crippen LogP contribution in [0.15, 0.2) is 46.7 Å². The minimum absolute atomic E-state index is 0.0497. The summed E-state index contributed by atoms with van der Waals surface area (Å²) < 4.78 is 81.1. The molecule has 0 spiro atoms. The molecular weight excluding hydrogens is 537 g/mol. The van der Waals surface area contributed by atoms with Gasteiger partial charge < -0.3 is 14.4 Å². The van der Waals surface area contributed by atoms with Crippen molar-refractivity contribution >= 4 is 38.6 Å². The van der Waals surface area contributed by atoms with Crippen LogP contribution in [0.2, 0.25) is 4.34 Å². The number of thiophene rings is 1. The first-order valence-electron chi connectivity index (χ1n) is 10.9. The lowest BCUT2D eigenvalue weighted by atomic mass is 10.0. The fraction of sp³-hybridized carbons (Fsp3) is 0.333. The van der Waals surface area contributed by atoms with Gasteiger partial charge in [-0.15, -0.1) is 11.3 Å². The van der Waals surface area contributed by atoms with Gasteiger partial charge in [0.05, 0.1) is 22.7 Å². The Balaban J connectivity index is 1.69. The van der Waals surface area contributed by atoms with Crippen LogP contribution in [-0.4, -0.2) is 46.7 Å². The lowest BCUT2D eigenvalue weighted by molar-refractivity contribution is -0.139. The molecule has 1 aliphatic heterocycles. The molecule has 1 fully saturated rings. The molecule has 6 nitrogen and oxygen atoms in total. The number of nitrogens with one attached hydrogen (secondary N) is 1. The van der Waals surface area contributed by atoms with E-state index in [1.807, 2.05) is 18.9 Å². The summed E-state index contributed by atoms with van der Waals surface area (Å²) in [6.45, 7) is 2.99. The number of halogens is 4. The van der Waals surface area contributed by atoms with Crippen LogP contribution in [0.1, 0.15) is 17.5 Å². The fourth-order valence-corrected chi connectivity index (χ4v) is 7.02. The number of hydrogen-bond acceptors (Lipinski definition) is 6. The van der Waals surface area contributed by atoms with Gasteiger partial charge in [-0.3, -0.25) is 4.72 Å². The SMILES string of the molecule is COc1ccc(-c2cc(Cl)sc2S(=O)(=O)Nc2ccc(C(F)(F)F)c(O[C@@H]3CCN(C)C3)c2)c(C)c1. The maximum atomic E-state index is 13.6. The van der Waals surface area contributed by atoms with E-state index in [9.17, 15) is 21.6 Å². The average Bonchev–Trinajstić information content (AvgIpc) is 3.38. The van der Waals surface area contributed by atoms with Gasteiger partial charge in [-0.25, -0.2) is 8.42 Å². The van der Waals surface area contributed by atoms with E-state index in [1.54, 1.807) is 24.3 Å². The molecule has 0 saturated carbocycles. The molecule has 36 heavy (non-hydrogen) atoms. The molecule has 1 aliphatic rings. The zero-order valence-corrected chi connectivity index (χ0v) is 22.0. The van der Waals surface area contributed by atoms with Crippen molar-refractivity contribution in [3.8, 4) is 22.6 Å². The molecule has 3 aromatic rings. The number of likely N-dealkylation sites (tertiary alicyclic amines) is 1. The molecule has 1 atom stereocenters. The van der Waals surface area contributed by atoms with Crippen molar-refractivity contribution < 1.29 is 31.1 Å². The van der Waals surface area contributed by atoms with E-state index >= 15 is 0 Å². The highest BCUT2D eigenvalue weighted by Crippen LogP contribution is 2.42. The Kier molecular flexibility index (Phi) is 7.47. The van der Waals surface area contributed by atoms with E-state index in [0.29, 0.717) is 36.4 Å². The van der Waals surface area contributed by atoms with Crippen LogP contribution in [-0.2, 0) is 16.2 Å². The van der Waals surface area contributed by atoms with Crippen molar-refractivity contribution in [3.05, 3.63) is 57.9 Å². The summed E-state index contributed by atoms with van der Waals surface area (Å²) >= 11 is 7.05. The van der Waals surface area contributed by atoms with Crippen molar-refractivity contribution in [3.63, 3.8) is 0 Å². The molecule has 12 heteroatoms. The van der Waals surface area contributed by atoms with E-state index in [4.69, 9.17) is 21.1 Å². The Morgan fingerprint density at radius 3 is 2.50 bits per heavy atom. The van der Waals surface area contributed by atoms with Crippen molar-refractivity contribution in [2.75, 3.05) is 32.0 Å². The van der Waals surface area contributed by atoms with Crippen LogP contribution in [0.5, 0.6) is 11.5 Å². The highest BCUT2D eigenvalue weighted by Gasteiger charge is 2.36. The van der Waals surface area contributed by atoms with Gasteiger partial charge >= 0.3 is 6.18 Å². The monoisotopic (exact) mass is 560 g/mol. The summed E-state index contributed by atoms with van der Waals surface area (Å²) in [6.07, 6.45) is -4.51. The number of sulfonamides is 1. The summed E-state index contributed by atoms with van der Waals surface area (Å²) in [5.41, 5.74) is 0.781. The molecule has 0 amide bonds. The first-order chi connectivity index (χ1) is 16.9. The maximum absolute atomic E-state index is 13.6. The van der Waals surface area contributed by atoms with Crippen LogP contribution in [0, 0.1) is 6.92 Å². The molecule has 1 N–H and O–H groups in total. The Morgan fingerprint density at radius 2 is 1.89 bits per heavy atom. The van der Waals surface area contributed by atoms with Crippen molar-refractivity contribution in [1.29, 1.82) is 0 Å². The molecule has 0 aliphatic carbocycles. The van der Waals surface area contributed by atoms with Crippen LogP contribution in [0.25, 0.3) is 11.1 Å². The van der Waals surface area contributed by atoms with Gasteiger partial charge in [-0.1, -0.05) is 17.7 Å². The summed E-state index contributed by atoms with van der Waals surface area (Å²) in [5, 5.41) is 0. The molecule has 2 heterocycles. The Hall–Kier alpha value is -2.47. The lowest BCUT2D eigenvalue weighted by Gasteiger charge is -2.19. The zero-order valence-electron chi connectivity index (χ0n) is 19.6. The van der Waals surface area contributed by atoms with E-state index in [2.05, 4.69) is 4.72 Å². The third-order valence-corrected chi connectivity index (χ3v) is 9.00.